The molecule has 0 radical (unpaired) electrons. The van der Waals surface area contributed by atoms with Crippen molar-refractivity contribution in [3.05, 3.63) is 59.5 Å². The van der Waals surface area contributed by atoms with Crippen molar-refractivity contribution < 1.29 is 4.79 Å². The fourth-order valence-electron chi connectivity index (χ4n) is 2.21. The van der Waals surface area contributed by atoms with Crippen LogP contribution in [0.25, 0.3) is 15.6 Å². The maximum atomic E-state index is 12.6. The summed E-state index contributed by atoms with van der Waals surface area (Å²) in [6.07, 6.45) is 3.73. The molecule has 25 heavy (non-hydrogen) atoms. The summed E-state index contributed by atoms with van der Waals surface area (Å²) in [6, 6.07) is 11.0. The lowest BCUT2D eigenvalue weighted by Gasteiger charge is -2.02. The number of rotatable bonds is 4. The number of halogens is 1. The van der Waals surface area contributed by atoms with Crippen LogP contribution in [0.3, 0.4) is 0 Å². The minimum absolute atomic E-state index is 0.0857. The standard InChI is InChI=1S/C15H10ClN7OS/c16-10-5-3-9(4-6-10)12-11(13(24)18-14-19-21-22-20-14)17-15(25-12)23-7-1-2-8-23/h1-8H,(H2,18,19,20,21,22,24). The molecule has 0 saturated heterocycles. The van der Waals surface area contributed by atoms with Gasteiger partial charge in [-0.3, -0.25) is 10.1 Å². The van der Waals surface area contributed by atoms with Crippen LogP contribution < -0.4 is 5.32 Å². The SMILES string of the molecule is O=C(Nc1nn[nH]n1)c1nc(-n2cccc2)sc1-c1ccc(Cl)cc1. The molecular formula is C15H10ClN7OS. The number of benzene rings is 1. The molecule has 0 spiro atoms. The first kappa shape index (κ1) is 15.5. The van der Waals surface area contributed by atoms with Gasteiger partial charge in [0, 0.05) is 17.4 Å². The molecule has 3 aromatic heterocycles. The van der Waals surface area contributed by atoms with Crippen molar-refractivity contribution in [1.82, 2.24) is 30.2 Å². The molecular weight excluding hydrogens is 362 g/mol. The summed E-state index contributed by atoms with van der Waals surface area (Å²) in [5.74, 6) is -0.330. The van der Waals surface area contributed by atoms with Gasteiger partial charge in [-0.2, -0.15) is 5.21 Å². The summed E-state index contributed by atoms with van der Waals surface area (Å²) in [6.45, 7) is 0. The van der Waals surface area contributed by atoms with E-state index in [1.165, 1.54) is 11.3 Å². The number of carbonyl (C=O) groups excluding carboxylic acids is 1. The Kier molecular flexibility index (Phi) is 4.00. The summed E-state index contributed by atoms with van der Waals surface area (Å²) in [5.41, 5.74) is 1.12. The van der Waals surface area contributed by atoms with Gasteiger partial charge >= 0.3 is 0 Å². The number of hydrogen-bond donors (Lipinski definition) is 2. The molecule has 0 fully saturated rings. The van der Waals surface area contributed by atoms with Crippen LogP contribution in [0.15, 0.2) is 48.8 Å². The normalized spacial score (nSPS) is 10.8. The molecule has 8 nitrogen and oxygen atoms in total. The first-order valence-electron chi connectivity index (χ1n) is 7.15. The predicted molar refractivity (Wildman–Crippen MR) is 94.0 cm³/mol. The van der Waals surface area contributed by atoms with Crippen LogP contribution in [0.2, 0.25) is 5.02 Å². The molecule has 0 atom stereocenters. The number of thiazole rings is 1. The van der Waals surface area contributed by atoms with E-state index in [1.807, 2.05) is 41.2 Å². The number of nitrogens with one attached hydrogen (secondary N) is 2. The van der Waals surface area contributed by atoms with E-state index in [0.29, 0.717) is 10.2 Å². The van der Waals surface area contributed by atoms with Gasteiger partial charge in [0.25, 0.3) is 11.9 Å². The van der Waals surface area contributed by atoms with Gasteiger partial charge in [0.15, 0.2) is 5.13 Å². The maximum Gasteiger partial charge on any atom is 0.278 e. The summed E-state index contributed by atoms with van der Waals surface area (Å²) < 4.78 is 1.84. The molecule has 4 rings (SSSR count). The number of anilines is 1. The van der Waals surface area contributed by atoms with Crippen LogP contribution in [0.4, 0.5) is 5.95 Å². The Labute approximate surface area is 150 Å². The molecule has 2 N–H and O–H groups in total. The van der Waals surface area contributed by atoms with Crippen LogP contribution in [0.5, 0.6) is 0 Å². The van der Waals surface area contributed by atoms with Crippen molar-refractivity contribution in [2.45, 2.75) is 0 Å². The molecule has 10 heteroatoms. The van der Waals surface area contributed by atoms with Crippen molar-refractivity contribution in [2.24, 2.45) is 0 Å². The highest BCUT2D eigenvalue weighted by Crippen LogP contribution is 2.33. The molecule has 1 amide bonds. The number of tetrazole rings is 1. The fourth-order valence-corrected chi connectivity index (χ4v) is 3.37. The van der Waals surface area contributed by atoms with Crippen LogP contribution in [-0.2, 0) is 0 Å². The molecule has 1 aromatic carbocycles. The highest BCUT2D eigenvalue weighted by atomic mass is 35.5. The number of amides is 1. The smallest absolute Gasteiger partial charge is 0.278 e. The molecule has 0 bridgehead atoms. The summed E-state index contributed by atoms with van der Waals surface area (Å²) in [7, 11) is 0. The minimum Gasteiger partial charge on any atom is -0.300 e. The van der Waals surface area contributed by atoms with Crippen molar-refractivity contribution in [3.8, 4) is 15.6 Å². The molecule has 0 aliphatic heterocycles. The van der Waals surface area contributed by atoms with Crippen LogP contribution in [0.1, 0.15) is 10.5 Å². The van der Waals surface area contributed by atoms with Crippen molar-refractivity contribution >= 4 is 34.8 Å². The number of aromatic nitrogens is 6. The number of carbonyl (C=O) groups is 1. The zero-order chi connectivity index (χ0) is 17.2. The Morgan fingerprint density at radius 2 is 1.96 bits per heavy atom. The Morgan fingerprint density at radius 1 is 1.20 bits per heavy atom. The molecule has 0 aliphatic rings. The van der Waals surface area contributed by atoms with Gasteiger partial charge in [0.2, 0.25) is 0 Å². The minimum atomic E-state index is -0.416. The van der Waals surface area contributed by atoms with Crippen molar-refractivity contribution in [3.63, 3.8) is 0 Å². The molecule has 4 aromatic rings. The first-order valence-corrected chi connectivity index (χ1v) is 8.35. The van der Waals surface area contributed by atoms with Gasteiger partial charge < -0.3 is 4.57 Å². The lowest BCUT2D eigenvalue weighted by atomic mass is 10.1. The Morgan fingerprint density at radius 3 is 2.64 bits per heavy atom. The van der Waals surface area contributed by atoms with Crippen molar-refractivity contribution in [2.75, 3.05) is 5.32 Å². The zero-order valence-electron chi connectivity index (χ0n) is 12.5. The van der Waals surface area contributed by atoms with Crippen LogP contribution in [0, 0.1) is 0 Å². The lowest BCUT2D eigenvalue weighted by molar-refractivity contribution is 0.102. The predicted octanol–water partition coefficient (Wildman–Crippen LogP) is 3.02. The van der Waals surface area contributed by atoms with Crippen molar-refractivity contribution in [1.29, 1.82) is 0 Å². The second-order valence-corrected chi connectivity index (χ2v) is 6.37. The van der Waals surface area contributed by atoms with Crippen LogP contribution >= 0.6 is 22.9 Å². The second-order valence-electron chi connectivity index (χ2n) is 4.96. The topological polar surface area (TPSA) is 101 Å². The average Bonchev–Trinajstić information content (AvgIpc) is 3.36. The zero-order valence-corrected chi connectivity index (χ0v) is 14.1. The van der Waals surface area contributed by atoms with E-state index in [2.05, 4.69) is 30.9 Å². The quantitative estimate of drug-likeness (QED) is 0.574. The Hall–Kier alpha value is -3.04. The van der Waals surface area contributed by atoms with Gasteiger partial charge in [0.1, 0.15) is 5.69 Å². The summed E-state index contributed by atoms with van der Waals surface area (Å²) in [5, 5.41) is 17.0. The van der Waals surface area contributed by atoms with E-state index >= 15 is 0 Å². The molecule has 0 unspecified atom stereocenters. The molecule has 0 aliphatic carbocycles. The Bertz CT molecular complexity index is 993. The summed E-state index contributed by atoms with van der Waals surface area (Å²) in [4.78, 5) is 17.8. The number of aromatic amines is 1. The monoisotopic (exact) mass is 371 g/mol. The molecule has 3 heterocycles. The lowest BCUT2D eigenvalue weighted by Crippen LogP contribution is -2.14. The summed E-state index contributed by atoms with van der Waals surface area (Å²) >= 11 is 7.36. The van der Waals surface area contributed by atoms with E-state index in [0.717, 1.165) is 10.4 Å². The average molecular weight is 372 g/mol. The first-order chi connectivity index (χ1) is 12.2. The van der Waals surface area contributed by atoms with Gasteiger partial charge in [0.05, 0.1) is 4.88 Å². The number of nitrogens with zero attached hydrogens (tertiary/aromatic N) is 5. The molecule has 0 saturated carbocycles. The Balaban J connectivity index is 1.77. The molecule has 124 valence electrons. The largest absolute Gasteiger partial charge is 0.300 e. The third kappa shape index (κ3) is 3.14. The van der Waals surface area contributed by atoms with E-state index in [9.17, 15) is 4.79 Å². The number of H-pyrrole nitrogens is 1. The van der Waals surface area contributed by atoms with E-state index in [1.54, 1.807) is 12.1 Å². The van der Waals surface area contributed by atoms with Gasteiger partial charge in [-0.25, -0.2) is 4.98 Å². The van der Waals surface area contributed by atoms with E-state index < -0.39 is 5.91 Å². The third-order valence-corrected chi connectivity index (χ3v) is 4.70. The highest BCUT2D eigenvalue weighted by Gasteiger charge is 2.21. The van der Waals surface area contributed by atoms with Gasteiger partial charge in [-0.05, 0) is 35.0 Å². The third-order valence-electron chi connectivity index (χ3n) is 3.33. The second kappa shape index (κ2) is 6.46. The van der Waals surface area contributed by atoms with Crippen LogP contribution in [-0.4, -0.2) is 36.1 Å². The number of hydrogen-bond acceptors (Lipinski definition) is 6. The fraction of sp³-hybridized carbons (Fsp3) is 0. The van der Waals surface area contributed by atoms with E-state index in [-0.39, 0.29) is 11.6 Å². The van der Waals surface area contributed by atoms with Gasteiger partial charge in [-0.15, -0.1) is 5.10 Å². The maximum absolute atomic E-state index is 12.6. The highest BCUT2D eigenvalue weighted by molar-refractivity contribution is 7.17. The van der Waals surface area contributed by atoms with E-state index in [4.69, 9.17) is 11.6 Å². The van der Waals surface area contributed by atoms with Gasteiger partial charge in [-0.1, -0.05) is 40.2 Å².